The Labute approximate surface area is 184 Å². The molecule has 0 fully saturated rings. The van der Waals surface area contributed by atoms with Gasteiger partial charge in [0.25, 0.3) is 0 Å². The van der Waals surface area contributed by atoms with Gasteiger partial charge in [-0.25, -0.2) is 0 Å². The second kappa shape index (κ2) is 8.57. The van der Waals surface area contributed by atoms with E-state index in [0.717, 1.165) is 6.07 Å². The Kier molecular flexibility index (Phi) is 5.91. The van der Waals surface area contributed by atoms with Gasteiger partial charge in [0.2, 0.25) is 5.82 Å². The lowest BCUT2D eigenvalue weighted by Gasteiger charge is -2.15. The molecular formula is C20H12F8N4O2. The lowest BCUT2D eigenvalue weighted by atomic mass is 10.0. The van der Waals surface area contributed by atoms with Gasteiger partial charge in [-0.2, -0.15) is 40.3 Å². The highest BCUT2D eigenvalue weighted by Crippen LogP contribution is 2.43. The van der Waals surface area contributed by atoms with Gasteiger partial charge >= 0.3 is 19.0 Å². The van der Waals surface area contributed by atoms with Crippen molar-refractivity contribution in [1.82, 2.24) is 20.6 Å². The summed E-state index contributed by atoms with van der Waals surface area (Å²) in [7, 11) is 0. The number of aryl methyl sites for hydroxylation is 2. The van der Waals surface area contributed by atoms with Crippen LogP contribution in [0.15, 0.2) is 40.8 Å². The number of halogens is 8. The number of benzene rings is 2. The van der Waals surface area contributed by atoms with Crippen molar-refractivity contribution in [1.29, 1.82) is 0 Å². The average molecular weight is 492 g/mol. The van der Waals surface area contributed by atoms with Crippen LogP contribution in [0.3, 0.4) is 0 Å². The Morgan fingerprint density at radius 2 is 1.59 bits per heavy atom. The fourth-order valence-corrected chi connectivity index (χ4v) is 3.43. The Morgan fingerprint density at radius 3 is 2.18 bits per heavy atom. The van der Waals surface area contributed by atoms with E-state index in [1.54, 1.807) is 0 Å². The Hall–Kier alpha value is -3.71. The molecule has 0 amide bonds. The summed E-state index contributed by atoms with van der Waals surface area (Å²) >= 11 is 0. The van der Waals surface area contributed by atoms with Crippen molar-refractivity contribution in [2.45, 2.75) is 31.8 Å². The van der Waals surface area contributed by atoms with Crippen molar-refractivity contribution in [2.24, 2.45) is 0 Å². The molecule has 0 unspecified atom stereocenters. The van der Waals surface area contributed by atoms with Gasteiger partial charge in [-0.05, 0) is 47.4 Å². The van der Waals surface area contributed by atoms with Crippen LogP contribution in [-0.2, 0) is 25.2 Å². The summed E-state index contributed by atoms with van der Waals surface area (Å²) in [5.74, 6) is -2.02. The number of furan rings is 1. The van der Waals surface area contributed by atoms with E-state index < -0.39 is 47.4 Å². The summed E-state index contributed by atoms with van der Waals surface area (Å²) in [5, 5.41) is 12.1. The monoisotopic (exact) mass is 492 g/mol. The molecule has 1 N–H and O–H groups in total. The summed E-state index contributed by atoms with van der Waals surface area (Å²) in [4.78, 5) is 0. The maximum Gasteiger partial charge on any atom is 0.420 e. The van der Waals surface area contributed by atoms with Gasteiger partial charge in [-0.1, -0.05) is 18.2 Å². The van der Waals surface area contributed by atoms with Gasteiger partial charge < -0.3 is 9.15 Å². The molecule has 0 saturated carbocycles. The maximum absolute atomic E-state index is 13.6. The van der Waals surface area contributed by atoms with Gasteiger partial charge in [-0.15, -0.1) is 10.2 Å². The normalized spacial score (nSPS) is 12.6. The van der Waals surface area contributed by atoms with Gasteiger partial charge in [0.1, 0.15) is 16.9 Å². The van der Waals surface area contributed by atoms with Crippen LogP contribution in [-0.4, -0.2) is 27.2 Å². The maximum atomic E-state index is 13.6. The Balaban J connectivity index is 1.62. The van der Waals surface area contributed by atoms with Crippen LogP contribution in [0.2, 0.25) is 0 Å². The molecule has 0 aliphatic rings. The molecule has 0 aliphatic carbocycles. The quantitative estimate of drug-likeness (QED) is 0.333. The van der Waals surface area contributed by atoms with E-state index in [4.69, 9.17) is 4.42 Å². The summed E-state index contributed by atoms with van der Waals surface area (Å²) in [6.45, 7) is -3.43. The molecular weight excluding hydrogens is 480 g/mol. The Bertz CT molecular complexity index is 1300. The molecule has 0 spiro atoms. The number of aromatic amines is 1. The molecule has 2 heterocycles. The van der Waals surface area contributed by atoms with Gasteiger partial charge in [-0.3, -0.25) is 0 Å². The van der Waals surface area contributed by atoms with Crippen LogP contribution in [0.5, 0.6) is 5.75 Å². The van der Waals surface area contributed by atoms with Crippen molar-refractivity contribution in [3.63, 3.8) is 0 Å². The topological polar surface area (TPSA) is 76.8 Å². The van der Waals surface area contributed by atoms with Crippen LogP contribution in [0, 0.1) is 0 Å². The third-order valence-electron chi connectivity index (χ3n) is 4.85. The first-order valence-corrected chi connectivity index (χ1v) is 9.45. The van der Waals surface area contributed by atoms with E-state index in [9.17, 15) is 35.1 Å². The number of rotatable bonds is 6. The molecule has 6 nitrogen and oxygen atoms in total. The number of hydrogen-bond donors (Lipinski definition) is 1. The first kappa shape index (κ1) is 23.4. The first-order valence-electron chi connectivity index (χ1n) is 9.45. The lowest BCUT2D eigenvalue weighted by Crippen LogP contribution is -2.12. The van der Waals surface area contributed by atoms with Gasteiger partial charge in [0, 0.05) is 5.39 Å². The highest BCUT2D eigenvalue weighted by Gasteiger charge is 2.40. The number of nitrogens with zero attached hydrogens (tertiary/aromatic N) is 3. The molecule has 0 radical (unpaired) electrons. The minimum atomic E-state index is -4.92. The van der Waals surface area contributed by atoms with E-state index in [1.807, 2.05) is 0 Å². The largest absolute Gasteiger partial charge is 0.452 e. The van der Waals surface area contributed by atoms with Crippen LogP contribution in [0.4, 0.5) is 35.1 Å². The molecule has 0 saturated heterocycles. The number of ether oxygens (including phenoxy) is 1. The van der Waals surface area contributed by atoms with Crippen LogP contribution >= 0.6 is 0 Å². The van der Waals surface area contributed by atoms with Crippen molar-refractivity contribution < 1.29 is 44.3 Å². The van der Waals surface area contributed by atoms with Crippen molar-refractivity contribution in [3.8, 4) is 17.3 Å². The summed E-state index contributed by atoms with van der Waals surface area (Å²) in [6, 6.07) is 6.58. The highest BCUT2D eigenvalue weighted by molar-refractivity contribution is 5.88. The average Bonchev–Trinajstić information content (AvgIpc) is 3.38. The van der Waals surface area contributed by atoms with E-state index >= 15 is 0 Å². The molecule has 4 rings (SSSR count). The molecule has 4 aromatic rings. The van der Waals surface area contributed by atoms with Crippen molar-refractivity contribution in [2.75, 3.05) is 0 Å². The second-order valence-corrected chi connectivity index (χ2v) is 7.08. The molecule has 0 atom stereocenters. The molecule has 34 heavy (non-hydrogen) atoms. The number of alkyl halides is 8. The molecule has 0 bridgehead atoms. The zero-order valence-electron chi connectivity index (χ0n) is 16.6. The fraction of sp³-hybridized carbons (Fsp3) is 0.250. The van der Waals surface area contributed by atoms with Gasteiger partial charge in [0.05, 0.1) is 5.56 Å². The second-order valence-electron chi connectivity index (χ2n) is 7.08. The van der Waals surface area contributed by atoms with E-state index in [2.05, 4.69) is 25.4 Å². The lowest BCUT2D eigenvalue weighted by molar-refractivity contribution is -0.142. The third kappa shape index (κ3) is 4.79. The molecule has 180 valence electrons. The first-order chi connectivity index (χ1) is 15.9. The van der Waals surface area contributed by atoms with Crippen molar-refractivity contribution >= 4 is 11.0 Å². The zero-order valence-corrected chi connectivity index (χ0v) is 16.6. The third-order valence-corrected chi connectivity index (χ3v) is 4.85. The van der Waals surface area contributed by atoms with E-state index in [-0.39, 0.29) is 29.4 Å². The smallest absolute Gasteiger partial charge is 0.420 e. The van der Waals surface area contributed by atoms with E-state index in [1.165, 1.54) is 24.3 Å². The number of nitrogens with one attached hydrogen (secondary N) is 1. The van der Waals surface area contributed by atoms with Crippen molar-refractivity contribution in [3.05, 3.63) is 58.7 Å². The molecule has 2 aromatic carbocycles. The Morgan fingerprint density at radius 1 is 0.912 bits per heavy atom. The number of H-pyrrole nitrogens is 1. The fourth-order valence-electron chi connectivity index (χ4n) is 3.43. The zero-order chi connectivity index (χ0) is 24.7. The number of fused-ring (bicyclic) bond motifs is 1. The summed E-state index contributed by atoms with van der Waals surface area (Å²) in [6.07, 6.45) is -9.54. The standard InChI is InChI=1S/C20H12F8N4O2/c21-18(22)34-13-6-4-9(7-12(13)19(23,24)25)1-2-10-3-5-11-14(8-10)33-16(15(11)20(26,27)28)17-29-31-32-30-17/h3-8,18H,1-2H2,(H,29,30,31,32). The van der Waals surface area contributed by atoms with Gasteiger partial charge in [0.15, 0.2) is 5.76 Å². The minimum Gasteiger partial charge on any atom is -0.452 e. The predicted octanol–water partition coefficient (Wildman–Crippen LogP) is 6.04. The van der Waals surface area contributed by atoms with Crippen LogP contribution in [0.1, 0.15) is 22.3 Å². The number of hydrogen-bond acceptors (Lipinski definition) is 5. The van der Waals surface area contributed by atoms with E-state index in [0.29, 0.717) is 11.6 Å². The molecule has 2 aromatic heterocycles. The van der Waals surface area contributed by atoms with Crippen LogP contribution in [0.25, 0.3) is 22.6 Å². The number of aromatic nitrogens is 4. The minimum absolute atomic E-state index is 0.0358. The molecule has 0 aliphatic heterocycles. The number of tetrazole rings is 1. The summed E-state index contributed by atoms with van der Waals surface area (Å²) < 4.78 is 115. The summed E-state index contributed by atoms with van der Waals surface area (Å²) in [5.41, 5.74) is -1.93. The van der Waals surface area contributed by atoms with Crippen LogP contribution < -0.4 is 4.74 Å². The highest BCUT2D eigenvalue weighted by atomic mass is 19.4. The molecule has 14 heteroatoms. The SMILES string of the molecule is FC(F)Oc1ccc(CCc2ccc3c(C(F)(F)F)c(-c4nn[nH]n4)oc3c2)cc1C(F)(F)F. The predicted molar refractivity (Wildman–Crippen MR) is 99.9 cm³/mol.